The van der Waals surface area contributed by atoms with E-state index >= 15 is 0 Å². The zero-order valence-corrected chi connectivity index (χ0v) is 10.8. The molecule has 1 fully saturated rings. The molecule has 0 aromatic rings. The van der Waals surface area contributed by atoms with Crippen LogP contribution >= 0.6 is 0 Å². The highest BCUT2D eigenvalue weighted by Crippen LogP contribution is 2.12. The Kier molecular flexibility index (Phi) is 6.26. The number of unbranched alkanes of at least 4 members (excludes halogenated alkanes) is 1. The summed E-state index contributed by atoms with van der Waals surface area (Å²) in [6, 6.07) is 1.54. The predicted octanol–water partition coefficient (Wildman–Crippen LogP) is 2.64. The van der Waals surface area contributed by atoms with Crippen LogP contribution in [0.15, 0.2) is 0 Å². The molecular formula is C13H28N2. The van der Waals surface area contributed by atoms with Gasteiger partial charge in [-0.25, -0.2) is 0 Å². The lowest BCUT2D eigenvalue weighted by atomic mass is 10.0. The summed E-state index contributed by atoms with van der Waals surface area (Å²) in [5.41, 5.74) is 0. The Morgan fingerprint density at radius 2 is 1.93 bits per heavy atom. The topological polar surface area (TPSA) is 15.3 Å². The molecule has 1 aliphatic rings. The van der Waals surface area contributed by atoms with Gasteiger partial charge in [0.05, 0.1) is 0 Å². The van der Waals surface area contributed by atoms with Gasteiger partial charge in [0.15, 0.2) is 0 Å². The van der Waals surface area contributed by atoms with E-state index in [0.29, 0.717) is 0 Å². The number of piperidine rings is 1. The molecule has 2 nitrogen and oxygen atoms in total. The van der Waals surface area contributed by atoms with Crippen LogP contribution in [0.4, 0.5) is 0 Å². The van der Waals surface area contributed by atoms with Crippen LogP contribution < -0.4 is 5.32 Å². The van der Waals surface area contributed by atoms with Gasteiger partial charge in [-0.15, -0.1) is 0 Å². The molecule has 15 heavy (non-hydrogen) atoms. The summed E-state index contributed by atoms with van der Waals surface area (Å²) in [7, 11) is 2.23. The fourth-order valence-corrected chi connectivity index (χ4v) is 2.36. The minimum Gasteiger partial charge on any atom is -0.311 e. The number of nitrogens with one attached hydrogen (secondary N) is 1. The third kappa shape index (κ3) is 4.98. The molecule has 0 bridgehead atoms. The number of nitrogens with zero attached hydrogens (tertiary/aromatic N) is 1. The SMILES string of the molecule is CCCCC(CC)NC1CCN(C)CC1. The van der Waals surface area contributed by atoms with Gasteiger partial charge in [-0.2, -0.15) is 0 Å². The van der Waals surface area contributed by atoms with Crippen LogP contribution in [0.5, 0.6) is 0 Å². The van der Waals surface area contributed by atoms with Crippen molar-refractivity contribution in [3.8, 4) is 0 Å². The molecule has 0 aromatic carbocycles. The zero-order chi connectivity index (χ0) is 11.1. The van der Waals surface area contributed by atoms with Gasteiger partial charge in [0.2, 0.25) is 0 Å². The average Bonchev–Trinajstić information content (AvgIpc) is 2.27. The lowest BCUT2D eigenvalue weighted by molar-refractivity contribution is 0.220. The molecule has 1 aliphatic heterocycles. The number of likely N-dealkylation sites (tertiary alicyclic amines) is 1. The second-order valence-electron chi connectivity index (χ2n) is 4.99. The second-order valence-corrected chi connectivity index (χ2v) is 4.99. The fourth-order valence-electron chi connectivity index (χ4n) is 2.36. The van der Waals surface area contributed by atoms with Crippen LogP contribution in [0, 0.1) is 0 Å². The largest absolute Gasteiger partial charge is 0.311 e. The predicted molar refractivity (Wildman–Crippen MR) is 67.3 cm³/mol. The molecule has 0 saturated carbocycles. The van der Waals surface area contributed by atoms with Crippen molar-refractivity contribution in [3.05, 3.63) is 0 Å². The zero-order valence-electron chi connectivity index (χ0n) is 10.8. The van der Waals surface area contributed by atoms with Crippen LogP contribution in [0.3, 0.4) is 0 Å². The van der Waals surface area contributed by atoms with E-state index in [1.54, 1.807) is 0 Å². The maximum Gasteiger partial charge on any atom is 0.00939 e. The molecule has 2 heteroatoms. The third-order valence-corrected chi connectivity index (χ3v) is 3.59. The monoisotopic (exact) mass is 212 g/mol. The average molecular weight is 212 g/mol. The molecule has 1 atom stereocenters. The lowest BCUT2D eigenvalue weighted by Crippen LogP contribution is -2.45. The Labute approximate surface area is 95.4 Å². The molecule has 0 spiro atoms. The highest BCUT2D eigenvalue weighted by molar-refractivity contribution is 4.79. The summed E-state index contributed by atoms with van der Waals surface area (Å²) in [5.74, 6) is 0. The quantitative estimate of drug-likeness (QED) is 0.728. The Hall–Kier alpha value is -0.0800. The van der Waals surface area contributed by atoms with E-state index in [1.165, 1.54) is 51.6 Å². The minimum atomic E-state index is 0.762. The van der Waals surface area contributed by atoms with Crippen molar-refractivity contribution < 1.29 is 0 Å². The lowest BCUT2D eigenvalue weighted by Gasteiger charge is -2.32. The molecule has 0 amide bonds. The molecule has 1 heterocycles. The summed E-state index contributed by atoms with van der Waals surface area (Å²) in [4.78, 5) is 2.44. The van der Waals surface area contributed by atoms with E-state index in [1.807, 2.05) is 0 Å². The highest BCUT2D eigenvalue weighted by Gasteiger charge is 2.18. The van der Waals surface area contributed by atoms with E-state index in [0.717, 1.165) is 12.1 Å². The Morgan fingerprint density at radius 1 is 1.27 bits per heavy atom. The van der Waals surface area contributed by atoms with E-state index in [4.69, 9.17) is 0 Å². The summed E-state index contributed by atoms with van der Waals surface area (Å²) in [6.45, 7) is 7.12. The number of rotatable bonds is 6. The van der Waals surface area contributed by atoms with Gasteiger partial charge in [-0.05, 0) is 45.8 Å². The van der Waals surface area contributed by atoms with E-state index in [-0.39, 0.29) is 0 Å². The summed E-state index contributed by atoms with van der Waals surface area (Å²) in [5, 5.41) is 3.83. The molecular weight excluding hydrogens is 184 g/mol. The van der Waals surface area contributed by atoms with Gasteiger partial charge >= 0.3 is 0 Å². The first-order chi connectivity index (χ1) is 7.26. The molecule has 0 radical (unpaired) electrons. The first-order valence-corrected chi connectivity index (χ1v) is 6.70. The van der Waals surface area contributed by atoms with Gasteiger partial charge in [-0.3, -0.25) is 0 Å². The van der Waals surface area contributed by atoms with Crippen molar-refractivity contribution in [1.82, 2.24) is 10.2 Å². The van der Waals surface area contributed by atoms with Gasteiger partial charge in [-0.1, -0.05) is 26.7 Å². The molecule has 1 rings (SSSR count). The van der Waals surface area contributed by atoms with Crippen molar-refractivity contribution in [2.24, 2.45) is 0 Å². The third-order valence-electron chi connectivity index (χ3n) is 3.59. The molecule has 0 aliphatic carbocycles. The summed E-state index contributed by atoms with van der Waals surface area (Å²) in [6.07, 6.45) is 8.01. The van der Waals surface area contributed by atoms with Crippen LogP contribution in [-0.4, -0.2) is 37.1 Å². The van der Waals surface area contributed by atoms with Crippen molar-refractivity contribution in [1.29, 1.82) is 0 Å². The van der Waals surface area contributed by atoms with Crippen molar-refractivity contribution >= 4 is 0 Å². The van der Waals surface area contributed by atoms with Gasteiger partial charge in [0.1, 0.15) is 0 Å². The van der Waals surface area contributed by atoms with Crippen LogP contribution in [0.2, 0.25) is 0 Å². The molecule has 90 valence electrons. The Bertz CT molecular complexity index is 148. The van der Waals surface area contributed by atoms with Crippen molar-refractivity contribution in [3.63, 3.8) is 0 Å². The fraction of sp³-hybridized carbons (Fsp3) is 1.00. The van der Waals surface area contributed by atoms with E-state index in [9.17, 15) is 0 Å². The van der Waals surface area contributed by atoms with E-state index < -0.39 is 0 Å². The van der Waals surface area contributed by atoms with Crippen LogP contribution in [0.1, 0.15) is 52.4 Å². The van der Waals surface area contributed by atoms with Gasteiger partial charge in [0.25, 0.3) is 0 Å². The summed E-state index contributed by atoms with van der Waals surface area (Å²) >= 11 is 0. The molecule has 0 aromatic heterocycles. The van der Waals surface area contributed by atoms with Crippen molar-refractivity contribution in [2.45, 2.75) is 64.5 Å². The summed E-state index contributed by atoms with van der Waals surface area (Å²) < 4.78 is 0. The van der Waals surface area contributed by atoms with Gasteiger partial charge in [0, 0.05) is 12.1 Å². The van der Waals surface area contributed by atoms with Crippen molar-refractivity contribution in [2.75, 3.05) is 20.1 Å². The second kappa shape index (κ2) is 7.24. The maximum absolute atomic E-state index is 3.83. The smallest absolute Gasteiger partial charge is 0.00939 e. The van der Waals surface area contributed by atoms with E-state index in [2.05, 4.69) is 31.1 Å². The molecule has 1 unspecified atom stereocenters. The Morgan fingerprint density at radius 3 is 2.47 bits per heavy atom. The highest BCUT2D eigenvalue weighted by atomic mass is 15.1. The first-order valence-electron chi connectivity index (χ1n) is 6.70. The van der Waals surface area contributed by atoms with Crippen LogP contribution in [0.25, 0.3) is 0 Å². The molecule has 1 saturated heterocycles. The van der Waals surface area contributed by atoms with Gasteiger partial charge < -0.3 is 10.2 Å². The minimum absolute atomic E-state index is 0.762. The van der Waals surface area contributed by atoms with Crippen LogP contribution in [-0.2, 0) is 0 Å². The number of hydrogen-bond donors (Lipinski definition) is 1. The Balaban J connectivity index is 2.19. The molecule has 1 N–H and O–H groups in total. The first kappa shape index (κ1) is 13.0. The number of hydrogen-bond acceptors (Lipinski definition) is 2. The maximum atomic E-state index is 3.83. The standard InChI is InChI=1S/C13H28N2/c1-4-6-7-12(5-2)14-13-8-10-15(3)11-9-13/h12-14H,4-11H2,1-3H3. The normalized spacial score (nSPS) is 21.8.